The van der Waals surface area contributed by atoms with E-state index in [2.05, 4.69) is 0 Å². The summed E-state index contributed by atoms with van der Waals surface area (Å²) in [5.41, 5.74) is 0. The number of ether oxygens (including phenoxy) is 2. The van der Waals surface area contributed by atoms with Crippen molar-refractivity contribution in [2.75, 3.05) is 26.3 Å². The Labute approximate surface area is 121 Å². The van der Waals surface area contributed by atoms with E-state index in [0.29, 0.717) is 37.1 Å². The summed E-state index contributed by atoms with van der Waals surface area (Å²) in [4.78, 5) is 13.8. The molecule has 20 heavy (non-hydrogen) atoms. The predicted molar refractivity (Wildman–Crippen MR) is 77.4 cm³/mol. The Balaban J connectivity index is 1.89. The minimum Gasteiger partial charge on any atom is -0.408 e. The van der Waals surface area contributed by atoms with Crippen LogP contribution in [-0.4, -0.2) is 37.3 Å². The van der Waals surface area contributed by atoms with Crippen molar-refractivity contribution >= 4 is 28.5 Å². The van der Waals surface area contributed by atoms with E-state index in [1.807, 2.05) is 30.3 Å². The molecule has 0 atom stereocenters. The van der Waals surface area contributed by atoms with Gasteiger partial charge in [-0.25, -0.2) is 4.79 Å². The zero-order valence-electron chi connectivity index (χ0n) is 10.8. The molecule has 0 radical (unpaired) electrons. The topological polar surface area (TPSA) is 38.8 Å². The van der Waals surface area contributed by atoms with Crippen LogP contribution in [0.5, 0.6) is 5.75 Å². The molecule has 0 spiro atoms. The largest absolute Gasteiger partial charge is 0.415 e. The molecule has 1 aliphatic rings. The second kappa shape index (κ2) is 5.69. The average Bonchev–Trinajstić information content (AvgIpc) is 2.51. The van der Waals surface area contributed by atoms with Crippen LogP contribution in [-0.2, 0) is 4.74 Å². The van der Waals surface area contributed by atoms with Crippen molar-refractivity contribution in [1.29, 1.82) is 0 Å². The van der Waals surface area contributed by atoms with Gasteiger partial charge in [0.15, 0.2) is 5.75 Å². The van der Waals surface area contributed by atoms with Crippen LogP contribution >= 0.6 is 11.6 Å². The highest BCUT2D eigenvalue weighted by molar-refractivity contribution is 6.33. The molecule has 0 saturated carbocycles. The van der Waals surface area contributed by atoms with Crippen LogP contribution in [0.3, 0.4) is 0 Å². The first-order valence-electron chi connectivity index (χ1n) is 6.47. The molecule has 4 nitrogen and oxygen atoms in total. The third kappa shape index (κ3) is 2.57. The van der Waals surface area contributed by atoms with Crippen molar-refractivity contribution in [3.05, 3.63) is 41.4 Å². The first kappa shape index (κ1) is 13.2. The molecule has 0 N–H and O–H groups in total. The molecule has 1 heterocycles. The van der Waals surface area contributed by atoms with Crippen LogP contribution < -0.4 is 4.74 Å². The second-order valence-corrected chi connectivity index (χ2v) is 4.97. The lowest BCUT2D eigenvalue weighted by Crippen LogP contribution is -2.42. The number of amides is 1. The van der Waals surface area contributed by atoms with E-state index in [1.54, 1.807) is 11.0 Å². The zero-order chi connectivity index (χ0) is 13.9. The quantitative estimate of drug-likeness (QED) is 0.809. The molecule has 0 aliphatic carbocycles. The highest BCUT2D eigenvalue weighted by atomic mass is 35.5. The molecule has 2 aromatic carbocycles. The summed E-state index contributed by atoms with van der Waals surface area (Å²) in [5.74, 6) is 0.418. The highest BCUT2D eigenvalue weighted by Gasteiger charge is 2.20. The summed E-state index contributed by atoms with van der Waals surface area (Å²) in [6.07, 6.45) is -0.383. The number of halogens is 1. The number of morpholine rings is 1. The Morgan fingerprint density at radius 1 is 1.15 bits per heavy atom. The van der Waals surface area contributed by atoms with Crippen LogP contribution in [0.4, 0.5) is 4.79 Å². The molecule has 2 aromatic rings. The summed E-state index contributed by atoms with van der Waals surface area (Å²) in [6, 6.07) is 11.3. The van der Waals surface area contributed by atoms with Crippen molar-refractivity contribution in [2.45, 2.75) is 0 Å². The summed E-state index contributed by atoms with van der Waals surface area (Å²) in [5, 5.41) is 2.26. The molecule has 1 fully saturated rings. The van der Waals surface area contributed by atoms with E-state index in [-0.39, 0.29) is 6.09 Å². The number of benzene rings is 2. The van der Waals surface area contributed by atoms with E-state index in [4.69, 9.17) is 21.1 Å². The molecule has 1 saturated heterocycles. The van der Waals surface area contributed by atoms with Crippen molar-refractivity contribution in [3.8, 4) is 5.75 Å². The van der Waals surface area contributed by atoms with Crippen LogP contribution in [0.25, 0.3) is 10.8 Å². The van der Waals surface area contributed by atoms with Gasteiger partial charge in [0.25, 0.3) is 0 Å². The molecular weight excluding hydrogens is 278 g/mol. The van der Waals surface area contributed by atoms with Gasteiger partial charge in [-0.05, 0) is 11.5 Å². The van der Waals surface area contributed by atoms with E-state index in [1.165, 1.54) is 0 Å². The minimum absolute atomic E-state index is 0.383. The number of hydrogen-bond acceptors (Lipinski definition) is 3. The number of carbonyl (C=O) groups excluding carboxylic acids is 1. The Morgan fingerprint density at radius 3 is 2.70 bits per heavy atom. The number of hydrogen-bond donors (Lipinski definition) is 0. The SMILES string of the molecule is O=C(Oc1c(Cl)ccc2ccccc12)N1CCOCC1. The Kier molecular flexibility index (Phi) is 3.76. The average molecular weight is 292 g/mol. The second-order valence-electron chi connectivity index (χ2n) is 4.57. The van der Waals surface area contributed by atoms with Crippen LogP contribution in [0.15, 0.2) is 36.4 Å². The number of fused-ring (bicyclic) bond motifs is 1. The lowest BCUT2D eigenvalue weighted by molar-refractivity contribution is 0.0417. The molecule has 0 aromatic heterocycles. The number of nitrogens with zero attached hydrogens (tertiary/aromatic N) is 1. The molecule has 104 valence electrons. The van der Waals surface area contributed by atoms with Crippen LogP contribution in [0.2, 0.25) is 5.02 Å². The molecular formula is C15H14ClNO3. The maximum Gasteiger partial charge on any atom is 0.415 e. The van der Waals surface area contributed by atoms with Crippen molar-refractivity contribution in [3.63, 3.8) is 0 Å². The summed E-state index contributed by atoms with van der Waals surface area (Å²) in [7, 11) is 0. The maximum absolute atomic E-state index is 12.2. The van der Waals surface area contributed by atoms with Gasteiger partial charge >= 0.3 is 6.09 Å². The van der Waals surface area contributed by atoms with E-state index < -0.39 is 0 Å². The normalized spacial score (nSPS) is 15.3. The lowest BCUT2D eigenvalue weighted by atomic mass is 10.1. The minimum atomic E-state index is -0.383. The van der Waals surface area contributed by atoms with E-state index in [9.17, 15) is 4.79 Å². The van der Waals surface area contributed by atoms with E-state index >= 15 is 0 Å². The summed E-state index contributed by atoms with van der Waals surface area (Å²) >= 11 is 6.17. The molecule has 5 heteroatoms. The van der Waals surface area contributed by atoms with Crippen molar-refractivity contribution < 1.29 is 14.3 Å². The van der Waals surface area contributed by atoms with Gasteiger partial charge in [0.1, 0.15) is 0 Å². The molecule has 0 unspecified atom stereocenters. The first-order chi connectivity index (χ1) is 9.75. The number of rotatable bonds is 1. The van der Waals surface area contributed by atoms with Crippen molar-refractivity contribution in [2.24, 2.45) is 0 Å². The third-order valence-corrected chi connectivity index (χ3v) is 3.59. The van der Waals surface area contributed by atoms with Gasteiger partial charge in [-0.3, -0.25) is 0 Å². The van der Waals surface area contributed by atoms with Gasteiger partial charge in [0.05, 0.1) is 18.2 Å². The van der Waals surface area contributed by atoms with Gasteiger partial charge in [-0.2, -0.15) is 0 Å². The van der Waals surface area contributed by atoms with Crippen LogP contribution in [0, 0.1) is 0 Å². The fourth-order valence-electron chi connectivity index (χ4n) is 2.22. The Morgan fingerprint density at radius 2 is 1.90 bits per heavy atom. The van der Waals surface area contributed by atoms with Gasteiger partial charge < -0.3 is 14.4 Å². The predicted octanol–water partition coefficient (Wildman–Crippen LogP) is 3.32. The molecule has 1 amide bonds. The van der Waals surface area contributed by atoms with Crippen LogP contribution in [0.1, 0.15) is 0 Å². The summed E-state index contributed by atoms with van der Waals surface area (Å²) < 4.78 is 10.7. The molecule has 1 aliphatic heterocycles. The van der Waals surface area contributed by atoms with Gasteiger partial charge in [0.2, 0.25) is 0 Å². The first-order valence-corrected chi connectivity index (χ1v) is 6.85. The molecule has 3 rings (SSSR count). The standard InChI is InChI=1S/C15H14ClNO3/c16-13-6-5-11-3-1-2-4-12(11)14(13)20-15(18)17-7-9-19-10-8-17/h1-6H,7-10H2. The maximum atomic E-state index is 12.2. The van der Waals surface area contributed by atoms with Gasteiger partial charge in [-0.1, -0.05) is 41.9 Å². The monoisotopic (exact) mass is 291 g/mol. The van der Waals surface area contributed by atoms with Gasteiger partial charge in [-0.15, -0.1) is 0 Å². The lowest BCUT2D eigenvalue weighted by Gasteiger charge is -2.26. The summed E-state index contributed by atoms with van der Waals surface area (Å²) in [6.45, 7) is 2.17. The van der Waals surface area contributed by atoms with Crippen molar-refractivity contribution in [1.82, 2.24) is 4.90 Å². The fraction of sp³-hybridized carbons (Fsp3) is 0.267. The third-order valence-electron chi connectivity index (χ3n) is 3.29. The smallest absolute Gasteiger partial charge is 0.408 e. The number of carbonyl (C=O) groups is 1. The Hall–Kier alpha value is -1.78. The van der Waals surface area contributed by atoms with E-state index in [0.717, 1.165) is 10.8 Å². The zero-order valence-corrected chi connectivity index (χ0v) is 11.6. The molecule has 0 bridgehead atoms. The fourth-order valence-corrected chi connectivity index (χ4v) is 2.42. The van der Waals surface area contributed by atoms with Gasteiger partial charge in [0, 0.05) is 18.5 Å². The highest BCUT2D eigenvalue weighted by Crippen LogP contribution is 2.33. The Bertz CT molecular complexity index is 638.